The Bertz CT molecular complexity index is 912. The maximum atomic E-state index is 12.4. The quantitative estimate of drug-likeness (QED) is 0.448. The molecule has 0 saturated heterocycles. The summed E-state index contributed by atoms with van der Waals surface area (Å²) >= 11 is 3.32. The van der Waals surface area contributed by atoms with Crippen molar-refractivity contribution < 1.29 is 14.4 Å². The number of nitrogens with zero attached hydrogens (tertiary/aromatic N) is 1. The molecule has 7 heteroatoms. The van der Waals surface area contributed by atoms with Gasteiger partial charge in [-0.2, -0.15) is 0 Å². The van der Waals surface area contributed by atoms with E-state index in [1.165, 1.54) is 10.5 Å². The number of unbranched alkanes of at least 4 members (excludes halogenated alkanes) is 1. The van der Waals surface area contributed by atoms with E-state index in [1.807, 2.05) is 24.3 Å². The van der Waals surface area contributed by atoms with Crippen molar-refractivity contribution in [3.63, 3.8) is 0 Å². The van der Waals surface area contributed by atoms with Gasteiger partial charge in [0.1, 0.15) is 0 Å². The van der Waals surface area contributed by atoms with Crippen LogP contribution in [0.5, 0.6) is 0 Å². The van der Waals surface area contributed by atoms with E-state index < -0.39 is 0 Å². The predicted molar refractivity (Wildman–Crippen MR) is 116 cm³/mol. The number of fused-ring (bicyclic) bond motifs is 1. The molecule has 2 N–H and O–H groups in total. The van der Waals surface area contributed by atoms with Crippen LogP contribution in [-0.4, -0.2) is 35.8 Å². The first-order valence-electron chi connectivity index (χ1n) is 9.79. The highest BCUT2D eigenvalue weighted by Crippen LogP contribution is 2.26. The zero-order valence-electron chi connectivity index (χ0n) is 16.3. The van der Waals surface area contributed by atoms with Gasteiger partial charge in [0.25, 0.3) is 11.8 Å². The Morgan fingerprint density at radius 3 is 2.45 bits per heavy atom. The summed E-state index contributed by atoms with van der Waals surface area (Å²) in [5.74, 6) is -0.580. The molecule has 0 aliphatic carbocycles. The van der Waals surface area contributed by atoms with Crippen molar-refractivity contribution in [3.05, 3.63) is 63.6 Å². The van der Waals surface area contributed by atoms with E-state index in [0.29, 0.717) is 24.1 Å². The van der Waals surface area contributed by atoms with Crippen LogP contribution in [0.1, 0.15) is 52.5 Å². The summed E-state index contributed by atoms with van der Waals surface area (Å²) in [6, 6.07) is 12.6. The molecule has 0 aromatic heterocycles. The highest BCUT2D eigenvalue weighted by Gasteiger charge is 2.34. The molecule has 1 aliphatic rings. The van der Waals surface area contributed by atoms with Gasteiger partial charge in [0.05, 0.1) is 11.1 Å². The lowest BCUT2D eigenvalue weighted by molar-refractivity contribution is 0.0653. The Labute approximate surface area is 178 Å². The fourth-order valence-electron chi connectivity index (χ4n) is 3.22. The molecule has 2 aromatic rings. The number of nitrogens with one attached hydrogen (secondary N) is 2. The van der Waals surface area contributed by atoms with E-state index in [2.05, 4.69) is 33.5 Å². The minimum atomic E-state index is -0.308. The number of hydrogen-bond acceptors (Lipinski definition) is 3. The molecule has 0 radical (unpaired) electrons. The van der Waals surface area contributed by atoms with Crippen molar-refractivity contribution in [2.45, 2.75) is 32.6 Å². The van der Waals surface area contributed by atoms with Crippen LogP contribution in [0, 0.1) is 0 Å². The smallest absolute Gasteiger partial charge is 0.319 e. The van der Waals surface area contributed by atoms with Gasteiger partial charge in [-0.3, -0.25) is 14.5 Å². The van der Waals surface area contributed by atoms with Crippen LogP contribution in [0.2, 0.25) is 0 Å². The minimum absolute atomic E-state index is 0.260. The van der Waals surface area contributed by atoms with Gasteiger partial charge in [0.15, 0.2) is 0 Å². The first-order valence-corrected chi connectivity index (χ1v) is 10.6. The number of rotatable bonds is 8. The second-order valence-corrected chi connectivity index (χ2v) is 7.90. The molecular weight excluding hydrogens is 434 g/mol. The lowest BCUT2D eigenvalue weighted by Crippen LogP contribution is -2.35. The number of aryl methyl sites for hydroxylation is 1. The van der Waals surface area contributed by atoms with Gasteiger partial charge in [0, 0.05) is 23.2 Å². The third-order valence-electron chi connectivity index (χ3n) is 4.81. The Hall–Kier alpha value is -2.67. The Balaban J connectivity index is 1.42. The van der Waals surface area contributed by atoms with Crippen molar-refractivity contribution in [1.29, 1.82) is 0 Å². The Kier molecular flexibility index (Phi) is 7.04. The summed E-state index contributed by atoms with van der Waals surface area (Å²) in [4.78, 5) is 38.0. The predicted octanol–water partition coefficient (Wildman–Crippen LogP) is 4.60. The van der Waals surface area contributed by atoms with E-state index in [9.17, 15) is 14.4 Å². The van der Waals surface area contributed by atoms with Crippen LogP contribution >= 0.6 is 15.9 Å². The van der Waals surface area contributed by atoms with Crippen LogP contribution in [-0.2, 0) is 6.42 Å². The maximum absolute atomic E-state index is 12.4. The molecule has 152 valence electrons. The van der Waals surface area contributed by atoms with Crippen molar-refractivity contribution >= 4 is 39.5 Å². The fraction of sp³-hybridized carbons (Fsp3) is 0.318. The van der Waals surface area contributed by atoms with Gasteiger partial charge in [0.2, 0.25) is 0 Å². The van der Waals surface area contributed by atoms with Crippen molar-refractivity contribution in [2.24, 2.45) is 0 Å². The van der Waals surface area contributed by atoms with Gasteiger partial charge >= 0.3 is 6.03 Å². The number of halogens is 1. The number of imide groups is 1. The molecule has 0 atom stereocenters. The molecule has 29 heavy (non-hydrogen) atoms. The lowest BCUT2D eigenvalue weighted by Gasteiger charge is -2.14. The third-order valence-corrected chi connectivity index (χ3v) is 5.30. The van der Waals surface area contributed by atoms with Crippen LogP contribution in [0.4, 0.5) is 10.5 Å². The number of benzene rings is 2. The SMILES string of the molecule is CCCCc1ccc(NC(=O)NCCCN2C(=O)c3ccc(Br)cc3C2=O)cc1. The summed E-state index contributed by atoms with van der Waals surface area (Å²) in [6.07, 6.45) is 3.83. The van der Waals surface area contributed by atoms with E-state index in [0.717, 1.165) is 29.4 Å². The maximum Gasteiger partial charge on any atom is 0.319 e. The molecule has 0 fully saturated rings. The number of carbonyl (C=O) groups excluding carboxylic acids is 3. The summed E-state index contributed by atoms with van der Waals surface area (Å²) in [5.41, 5.74) is 2.82. The average molecular weight is 458 g/mol. The largest absolute Gasteiger partial charge is 0.338 e. The molecule has 4 amide bonds. The second-order valence-electron chi connectivity index (χ2n) is 6.99. The topological polar surface area (TPSA) is 78.5 Å². The molecule has 0 spiro atoms. The Morgan fingerprint density at radius 1 is 1.00 bits per heavy atom. The van der Waals surface area contributed by atoms with Crippen LogP contribution in [0.15, 0.2) is 46.9 Å². The van der Waals surface area contributed by atoms with E-state index in [4.69, 9.17) is 0 Å². The van der Waals surface area contributed by atoms with E-state index >= 15 is 0 Å². The van der Waals surface area contributed by atoms with Crippen molar-refractivity contribution in [2.75, 3.05) is 18.4 Å². The second kappa shape index (κ2) is 9.69. The molecule has 0 bridgehead atoms. The lowest BCUT2D eigenvalue weighted by atomic mass is 10.1. The van der Waals surface area contributed by atoms with Crippen molar-refractivity contribution in [1.82, 2.24) is 10.2 Å². The molecule has 0 saturated carbocycles. The molecule has 6 nitrogen and oxygen atoms in total. The molecular formula is C22H24BrN3O3. The van der Waals surface area contributed by atoms with Crippen molar-refractivity contribution in [3.8, 4) is 0 Å². The number of anilines is 1. The highest BCUT2D eigenvalue weighted by atomic mass is 79.9. The summed E-state index contributed by atoms with van der Waals surface area (Å²) in [7, 11) is 0. The minimum Gasteiger partial charge on any atom is -0.338 e. The van der Waals surface area contributed by atoms with Gasteiger partial charge < -0.3 is 10.6 Å². The summed E-state index contributed by atoms with van der Waals surface area (Å²) < 4.78 is 0.760. The van der Waals surface area contributed by atoms with Crippen LogP contribution < -0.4 is 10.6 Å². The third kappa shape index (κ3) is 5.23. The molecule has 1 aliphatic heterocycles. The summed E-state index contributed by atoms with van der Waals surface area (Å²) in [5, 5.41) is 5.55. The number of carbonyl (C=O) groups is 3. The molecule has 2 aromatic carbocycles. The van der Waals surface area contributed by atoms with E-state index in [1.54, 1.807) is 18.2 Å². The first kappa shape index (κ1) is 21.0. The molecule has 3 rings (SSSR count). The molecule has 1 heterocycles. The first-order chi connectivity index (χ1) is 14.0. The van der Waals surface area contributed by atoms with Gasteiger partial charge in [-0.15, -0.1) is 0 Å². The van der Waals surface area contributed by atoms with Gasteiger partial charge in [-0.25, -0.2) is 4.79 Å². The average Bonchev–Trinajstić information content (AvgIpc) is 2.94. The van der Waals surface area contributed by atoms with Crippen LogP contribution in [0.25, 0.3) is 0 Å². The Morgan fingerprint density at radius 2 is 1.72 bits per heavy atom. The fourth-order valence-corrected chi connectivity index (χ4v) is 3.58. The monoisotopic (exact) mass is 457 g/mol. The normalized spacial score (nSPS) is 12.8. The van der Waals surface area contributed by atoms with Gasteiger partial charge in [-0.05, 0) is 55.2 Å². The number of amides is 4. The summed E-state index contributed by atoms with van der Waals surface area (Å²) in [6.45, 7) is 2.78. The van der Waals surface area contributed by atoms with E-state index in [-0.39, 0.29) is 24.4 Å². The highest BCUT2D eigenvalue weighted by molar-refractivity contribution is 9.10. The standard InChI is InChI=1S/C22H24BrN3O3/c1-2-3-5-15-6-9-17(10-7-15)25-22(29)24-12-4-13-26-20(27)18-11-8-16(23)14-19(18)21(26)28/h6-11,14H,2-5,12-13H2,1H3,(H2,24,25,29). The zero-order chi connectivity index (χ0) is 20.8. The van der Waals surface area contributed by atoms with Crippen LogP contribution in [0.3, 0.4) is 0 Å². The number of hydrogen-bond donors (Lipinski definition) is 2. The zero-order valence-corrected chi connectivity index (χ0v) is 17.9. The number of urea groups is 1. The molecule has 0 unspecified atom stereocenters. The van der Waals surface area contributed by atoms with Gasteiger partial charge in [-0.1, -0.05) is 41.4 Å².